The monoisotopic (exact) mass is 326 g/mol. The molecule has 0 radical (unpaired) electrons. The number of carbonyl (C=O) groups is 1. The highest BCUT2D eigenvalue weighted by molar-refractivity contribution is 5.56. The van der Waals surface area contributed by atoms with Gasteiger partial charge in [-0.1, -0.05) is 0 Å². The summed E-state index contributed by atoms with van der Waals surface area (Å²) in [7, 11) is 0. The van der Waals surface area contributed by atoms with Crippen LogP contribution in [0.2, 0.25) is 0 Å². The Morgan fingerprint density at radius 1 is 1.14 bits per heavy atom. The van der Waals surface area contributed by atoms with Crippen molar-refractivity contribution in [2.75, 3.05) is 6.61 Å². The van der Waals surface area contributed by atoms with Gasteiger partial charge in [0.25, 0.3) is 0 Å². The molecule has 0 amide bonds. The van der Waals surface area contributed by atoms with E-state index in [1.807, 2.05) is 0 Å². The third kappa shape index (κ3) is 4.19. The van der Waals surface area contributed by atoms with Gasteiger partial charge in [0.2, 0.25) is 0 Å². The number of hydrogen-bond donors (Lipinski definition) is 7. The minimum Gasteiger partial charge on any atom is -0.394 e. The van der Waals surface area contributed by atoms with E-state index in [-0.39, 0.29) is 6.29 Å². The van der Waals surface area contributed by atoms with Crippen molar-refractivity contribution in [3.05, 3.63) is 0 Å². The van der Waals surface area contributed by atoms with Gasteiger partial charge < -0.3 is 50.0 Å². The zero-order chi connectivity index (χ0) is 17.0. The summed E-state index contributed by atoms with van der Waals surface area (Å²) in [6, 6.07) is 0. The van der Waals surface area contributed by atoms with Gasteiger partial charge in [0.15, 0.2) is 12.6 Å². The van der Waals surface area contributed by atoms with Crippen molar-refractivity contribution in [1.82, 2.24) is 0 Å². The smallest absolute Gasteiger partial charge is 0.187 e. The van der Waals surface area contributed by atoms with E-state index in [0.29, 0.717) is 0 Å². The lowest BCUT2D eigenvalue weighted by atomic mass is 9.98. The predicted molar refractivity (Wildman–Crippen MR) is 68.4 cm³/mol. The molecular weight excluding hydrogens is 304 g/mol. The fourth-order valence-electron chi connectivity index (χ4n) is 2.09. The number of aldehydes is 1. The minimum absolute atomic E-state index is 0.0384. The van der Waals surface area contributed by atoms with Crippen LogP contribution in [0, 0.1) is 0 Å². The van der Waals surface area contributed by atoms with Crippen molar-refractivity contribution >= 4 is 6.29 Å². The van der Waals surface area contributed by atoms with Crippen LogP contribution < -0.4 is 0 Å². The van der Waals surface area contributed by atoms with Gasteiger partial charge in [0.05, 0.1) is 12.7 Å². The number of aliphatic hydroxyl groups is 7. The molecule has 130 valence electrons. The number of rotatable bonds is 7. The van der Waals surface area contributed by atoms with Crippen LogP contribution >= 0.6 is 0 Å². The van der Waals surface area contributed by atoms with Crippen molar-refractivity contribution in [1.29, 1.82) is 0 Å². The summed E-state index contributed by atoms with van der Waals surface area (Å²) in [6.45, 7) is 0.527. The van der Waals surface area contributed by atoms with Crippen molar-refractivity contribution in [3.63, 3.8) is 0 Å². The maximum atomic E-state index is 10.5. The Morgan fingerprint density at radius 3 is 2.18 bits per heavy atom. The van der Waals surface area contributed by atoms with Gasteiger partial charge in [-0.25, -0.2) is 0 Å². The predicted octanol–water partition coefficient (Wildman–Crippen LogP) is -4.53. The third-order valence-corrected chi connectivity index (χ3v) is 3.44. The van der Waals surface area contributed by atoms with Crippen LogP contribution in [0.15, 0.2) is 0 Å². The highest BCUT2D eigenvalue weighted by Crippen LogP contribution is 2.24. The summed E-state index contributed by atoms with van der Waals surface area (Å²) >= 11 is 0. The zero-order valence-electron chi connectivity index (χ0n) is 11.8. The fourth-order valence-corrected chi connectivity index (χ4v) is 2.09. The molecule has 1 heterocycles. The molecular formula is C12H22O10. The Hall–Kier alpha value is -0.690. The number of carbonyl (C=O) groups excluding carboxylic acids is 1. The molecule has 10 nitrogen and oxygen atoms in total. The molecule has 1 rings (SSSR count). The lowest BCUT2D eigenvalue weighted by Gasteiger charge is -2.41. The molecule has 0 aromatic heterocycles. The molecule has 1 fully saturated rings. The maximum Gasteiger partial charge on any atom is 0.187 e. The summed E-state index contributed by atoms with van der Waals surface area (Å²) in [5.74, 6) is 0. The van der Waals surface area contributed by atoms with Gasteiger partial charge in [-0.3, -0.25) is 0 Å². The molecule has 0 unspecified atom stereocenters. The highest BCUT2D eigenvalue weighted by atomic mass is 16.7. The molecule has 0 spiro atoms. The molecule has 1 aliphatic heterocycles. The molecule has 7 N–H and O–H groups in total. The van der Waals surface area contributed by atoms with Crippen molar-refractivity contribution in [2.24, 2.45) is 0 Å². The Bertz CT molecular complexity index is 349. The fraction of sp³-hybridized carbons (Fsp3) is 0.917. The van der Waals surface area contributed by atoms with E-state index in [4.69, 9.17) is 14.6 Å². The molecule has 1 saturated heterocycles. The van der Waals surface area contributed by atoms with Crippen molar-refractivity contribution in [2.45, 2.75) is 62.0 Å². The van der Waals surface area contributed by atoms with E-state index in [1.54, 1.807) is 0 Å². The first kappa shape index (κ1) is 19.4. The Kier molecular flexibility index (Phi) is 7.25. The molecule has 9 atom stereocenters. The van der Waals surface area contributed by atoms with Gasteiger partial charge in [-0.2, -0.15) is 0 Å². The molecule has 10 heteroatoms. The molecule has 0 bridgehead atoms. The summed E-state index contributed by atoms with van der Waals surface area (Å²) < 4.78 is 10.2. The van der Waals surface area contributed by atoms with Crippen LogP contribution in [0.25, 0.3) is 0 Å². The van der Waals surface area contributed by atoms with E-state index >= 15 is 0 Å². The van der Waals surface area contributed by atoms with Crippen LogP contribution in [0.1, 0.15) is 6.92 Å². The number of hydrogen-bond acceptors (Lipinski definition) is 10. The summed E-state index contributed by atoms with van der Waals surface area (Å²) in [5, 5.41) is 66.7. The van der Waals surface area contributed by atoms with E-state index in [2.05, 4.69) is 0 Å². The summed E-state index contributed by atoms with van der Waals surface area (Å²) in [5.41, 5.74) is 0. The first-order chi connectivity index (χ1) is 10.2. The SMILES string of the molecule is C[C@@H](O)[C@@H](O[C@@H]1O[C@H](CO)[C@@H](O)[C@H](O)[C@H]1O)[C@H](O)[C@@H](O)C=O. The molecule has 0 saturated carbocycles. The zero-order valence-corrected chi connectivity index (χ0v) is 11.8. The maximum absolute atomic E-state index is 10.5. The van der Waals surface area contributed by atoms with Gasteiger partial charge in [0.1, 0.15) is 42.7 Å². The minimum atomic E-state index is -1.84. The molecule has 22 heavy (non-hydrogen) atoms. The van der Waals surface area contributed by atoms with Gasteiger partial charge in [-0.15, -0.1) is 0 Å². The van der Waals surface area contributed by atoms with Crippen molar-refractivity contribution < 1.29 is 50.0 Å². The van der Waals surface area contributed by atoms with E-state index in [9.17, 15) is 35.4 Å². The Morgan fingerprint density at radius 2 is 1.73 bits per heavy atom. The van der Waals surface area contributed by atoms with E-state index in [0.717, 1.165) is 0 Å². The second-order valence-corrected chi connectivity index (χ2v) is 5.16. The number of ether oxygens (including phenoxy) is 2. The lowest BCUT2D eigenvalue weighted by Crippen LogP contribution is -2.61. The molecule has 1 aliphatic rings. The van der Waals surface area contributed by atoms with Crippen LogP contribution in [0.5, 0.6) is 0 Å². The van der Waals surface area contributed by atoms with Gasteiger partial charge in [0, 0.05) is 0 Å². The van der Waals surface area contributed by atoms with Crippen LogP contribution in [0.3, 0.4) is 0 Å². The third-order valence-electron chi connectivity index (χ3n) is 3.44. The van der Waals surface area contributed by atoms with E-state index in [1.165, 1.54) is 6.92 Å². The first-order valence-electron chi connectivity index (χ1n) is 6.70. The average Bonchev–Trinajstić information content (AvgIpc) is 2.50. The molecule has 0 aromatic carbocycles. The van der Waals surface area contributed by atoms with Crippen LogP contribution in [-0.4, -0.2) is 104 Å². The molecule has 0 aromatic rings. The van der Waals surface area contributed by atoms with E-state index < -0.39 is 61.7 Å². The Labute approximate surface area is 126 Å². The quantitative estimate of drug-likeness (QED) is 0.225. The Balaban J connectivity index is 2.85. The first-order valence-corrected chi connectivity index (χ1v) is 6.70. The average molecular weight is 326 g/mol. The summed E-state index contributed by atoms with van der Waals surface area (Å²) in [4.78, 5) is 10.5. The van der Waals surface area contributed by atoms with Gasteiger partial charge in [-0.05, 0) is 6.92 Å². The second kappa shape index (κ2) is 8.24. The van der Waals surface area contributed by atoms with Crippen LogP contribution in [0.4, 0.5) is 0 Å². The number of aliphatic hydroxyl groups excluding tert-OH is 7. The highest BCUT2D eigenvalue weighted by Gasteiger charge is 2.46. The van der Waals surface area contributed by atoms with Gasteiger partial charge >= 0.3 is 0 Å². The largest absolute Gasteiger partial charge is 0.394 e. The second-order valence-electron chi connectivity index (χ2n) is 5.16. The normalized spacial score (nSPS) is 38.1. The topological polar surface area (TPSA) is 177 Å². The van der Waals surface area contributed by atoms with Crippen molar-refractivity contribution in [3.8, 4) is 0 Å². The molecule has 0 aliphatic carbocycles. The lowest BCUT2D eigenvalue weighted by molar-refractivity contribution is -0.324. The standard InChI is InChI=1S/C12H22O10/c1-4(15)11(7(17)5(16)2-13)22-12-10(20)9(19)8(18)6(3-14)21-12/h2,4-12,14-20H,3H2,1H3/t4-,5+,6-,7-,8-,9+,10-,11-,12+/m1/s1. The van der Waals surface area contributed by atoms with Crippen LogP contribution in [-0.2, 0) is 14.3 Å². The summed E-state index contributed by atoms with van der Waals surface area (Å²) in [6.07, 6.45) is -14.4.